The van der Waals surface area contributed by atoms with E-state index in [0.717, 1.165) is 0 Å². The fourth-order valence-corrected chi connectivity index (χ4v) is 2.06. The molecule has 0 aliphatic heterocycles. The van der Waals surface area contributed by atoms with Gasteiger partial charge in [0.2, 0.25) is 0 Å². The Morgan fingerprint density at radius 2 is 1.78 bits per heavy atom. The predicted octanol–water partition coefficient (Wildman–Crippen LogP) is 4.12. The molecule has 0 bridgehead atoms. The van der Waals surface area contributed by atoms with Crippen molar-refractivity contribution in [3.63, 3.8) is 0 Å². The molecule has 0 radical (unpaired) electrons. The van der Waals surface area contributed by atoms with Crippen molar-refractivity contribution in [3.05, 3.63) is 58.1 Å². The van der Waals surface area contributed by atoms with E-state index < -0.39 is 0 Å². The third-order valence-corrected chi connectivity index (χ3v) is 3.22. The summed E-state index contributed by atoms with van der Waals surface area (Å²) in [5, 5.41) is 0.618. The number of aryl methyl sites for hydroxylation is 2. The number of benzene rings is 2. The molecule has 94 valence electrons. The van der Waals surface area contributed by atoms with Crippen LogP contribution in [0.15, 0.2) is 36.4 Å². The van der Waals surface area contributed by atoms with Crippen molar-refractivity contribution in [3.8, 4) is 5.75 Å². The molecule has 0 spiro atoms. The number of anilines is 1. The number of nitrogens with two attached hydrogens (primary N) is 1. The summed E-state index contributed by atoms with van der Waals surface area (Å²) in [4.78, 5) is 0. The molecule has 3 heteroatoms. The zero-order chi connectivity index (χ0) is 13.1. The minimum atomic E-state index is 0.518. The summed E-state index contributed by atoms with van der Waals surface area (Å²) >= 11 is 5.85. The molecule has 0 aliphatic rings. The summed E-state index contributed by atoms with van der Waals surface area (Å²) in [7, 11) is 0. The van der Waals surface area contributed by atoms with Crippen LogP contribution in [0.25, 0.3) is 0 Å². The summed E-state index contributed by atoms with van der Waals surface area (Å²) < 4.78 is 5.76. The van der Waals surface area contributed by atoms with Crippen LogP contribution in [0.3, 0.4) is 0 Å². The molecule has 2 N–H and O–H groups in total. The average molecular weight is 262 g/mol. The summed E-state index contributed by atoms with van der Waals surface area (Å²) in [5.41, 5.74) is 10.1. The first-order valence-corrected chi connectivity index (χ1v) is 6.18. The maximum absolute atomic E-state index is 5.85. The number of halogens is 1. The molecular weight excluding hydrogens is 246 g/mol. The van der Waals surface area contributed by atoms with Gasteiger partial charge in [0.15, 0.2) is 0 Å². The topological polar surface area (TPSA) is 35.2 Å². The Morgan fingerprint density at radius 3 is 2.39 bits per heavy atom. The van der Waals surface area contributed by atoms with Crippen molar-refractivity contribution >= 4 is 17.3 Å². The number of rotatable bonds is 3. The van der Waals surface area contributed by atoms with Crippen LogP contribution in [0.2, 0.25) is 5.02 Å². The van der Waals surface area contributed by atoms with E-state index in [1.807, 2.05) is 6.07 Å². The van der Waals surface area contributed by atoms with E-state index in [1.165, 1.54) is 16.7 Å². The maximum Gasteiger partial charge on any atom is 0.142 e. The quantitative estimate of drug-likeness (QED) is 0.844. The zero-order valence-corrected chi connectivity index (χ0v) is 11.3. The average Bonchev–Trinajstić information content (AvgIpc) is 2.31. The molecule has 0 heterocycles. The van der Waals surface area contributed by atoms with E-state index >= 15 is 0 Å². The Hall–Kier alpha value is -1.67. The lowest BCUT2D eigenvalue weighted by atomic mass is 10.0. The molecule has 0 amide bonds. The molecule has 2 aromatic rings. The van der Waals surface area contributed by atoms with Crippen LogP contribution in [0.1, 0.15) is 16.7 Å². The Kier molecular flexibility index (Phi) is 3.78. The summed E-state index contributed by atoms with van der Waals surface area (Å²) in [5.74, 6) is 0.669. The van der Waals surface area contributed by atoms with E-state index in [0.29, 0.717) is 23.1 Å². The van der Waals surface area contributed by atoms with Gasteiger partial charge in [-0.25, -0.2) is 0 Å². The van der Waals surface area contributed by atoms with Crippen LogP contribution >= 0.6 is 11.6 Å². The van der Waals surface area contributed by atoms with E-state index in [2.05, 4.69) is 26.0 Å². The molecule has 0 aromatic heterocycles. The van der Waals surface area contributed by atoms with Gasteiger partial charge < -0.3 is 10.5 Å². The highest BCUT2D eigenvalue weighted by atomic mass is 35.5. The molecule has 0 saturated heterocycles. The van der Waals surface area contributed by atoms with Gasteiger partial charge in [-0.1, -0.05) is 29.8 Å². The first-order chi connectivity index (χ1) is 8.58. The van der Waals surface area contributed by atoms with Crippen molar-refractivity contribution in [1.82, 2.24) is 0 Å². The maximum atomic E-state index is 5.85. The molecule has 0 atom stereocenters. The SMILES string of the molecule is Cc1cccc(C)c1COc1ccc(Cl)cc1N. The summed E-state index contributed by atoms with van der Waals surface area (Å²) in [6.45, 7) is 4.68. The predicted molar refractivity (Wildman–Crippen MR) is 76.1 cm³/mol. The van der Waals surface area contributed by atoms with Crippen LogP contribution in [0, 0.1) is 13.8 Å². The molecule has 2 aromatic carbocycles. The second kappa shape index (κ2) is 5.32. The van der Waals surface area contributed by atoms with Crippen LogP contribution in [-0.2, 0) is 6.61 Å². The summed E-state index contributed by atoms with van der Waals surface area (Å²) in [6.07, 6.45) is 0. The highest BCUT2D eigenvalue weighted by Gasteiger charge is 2.05. The number of hydrogen-bond acceptors (Lipinski definition) is 2. The van der Waals surface area contributed by atoms with Crippen LogP contribution in [0.4, 0.5) is 5.69 Å². The normalized spacial score (nSPS) is 10.4. The van der Waals surface area contributed by atoms with Crippen molar-refractivity contribution < 1.29 is 4.74 Å². The molecule has 2 rings (SSSR count). The molecule has 18 heavy (non-hydrogen) atoms. The second-order valence-corrected chi connectivity index (χ2v) is 4.78. The lowest BCUT2D eigenvalue weighted by Crippen LogP contribution is -2.02. The van der Waals surface area contributed by atoms with Crippen molar-refractivity contribution in [2.24, 2.45) is 0 Å². The fraction of sp³-hybridized carbons (Fsp3) is 0.200. The number of hydrogen-bond donors (Lipinski definition) is 1. The van der Waals surface area contributed by atoms with Gasteiger partial charge >= 0.3 is 0 Å². The van der Waals surface area contributed by atoms with Crippen molar-refractivity contribution in [2.75, 3.05) is 5.73 Å². The number of nitrogen functional groups attached to an aromatic ring is 1. The molecule has 0 aliphatic carbocycles. The Bertz CT molecular complexity index is 546. The second-order valence-electron chi connectivity index (χ2n) is 4.34. The Labute approximate surface area is 112 Å². The zero-order valence-electron chi connectivity index (χ0n) is 10.5. The van der Waals surface area contributed by atoms with Crippen LogP contribution < -0.4 is 10.5 Å². The van der Waals surface area contributed by atoms with Gasteiger partial charge in [-0.2, -0.15) is 0 Å². The van der Waals surface area contributed by atoms with Gasteiger partial charge in [-0.15, -0.1) is 0 Å². The van der Waals surface area contributed by atoms with E-state index in [-0.39, 0.29) is 0 Å². The van der Waals surface area contributed by atoms with Crippen LogP contribution in [-0.4, -0.2) is 0 Å². The smallest absolute Gasteiger partial charge is 0.142 e. The van der Waals surface area contributed by atoms with E-state index in [1.54, 1.807) is 18.2 Å². The summed E-state index contributed by atoms with van der Waals surface area (Å²) in [6, 6.07) is 11.5. The molecule has 2 nitrogen and oxygen atoms in total. The highest BCUT2D eigenvalue weighted by molar-refractivity contribution is 6.30. The van der Waals surface area contributed by atoms with Crippen LogP contribution in [0.5, 0.6) is 5.75 Å². The largest absolute Gasteiger partial charge is 0.487 e. The monoisotopic (exact) mass is 261 g/mol. The van der Waals surface area contributed by atoms with Gasteiger partial charge in [-0.05, 0) is 48.7 Å². The van der Waals surface area contributed by atoms with Gasteiger partial charge in [0.1, 0.15) is 12.4 Å². The van der Waals surface area contributed by atoms with Crippen molar-refractivity contribution in [1.29, 1.82) is 0 Å². The fourth-order valence-electron chi connectivity index (χ4n) is 1.88. The molecule has 0 saturated carbocycles. The minimum absolute atomic E-state index is 0.518. The Morgan fingerprint density at radius 1 is 1.11 bits per heavy atom. The van der Waals surface area contributed by atoms with Crippen molar-refractivity contribution in [2.45, 2.75) is 20.5 Å². The van der Waals surface area contributed by atoms with Gasteiger partial charge in [0.25, 0.3) is 0 Å². The lowest BCUT2D eigenvalue weighted by molar-refractivity contribution is 0.306. The van der Waals surface area contributed by atoms with Gasteiger partial charge in [-0.3, -0.25) is 0 Å². The standard InChI is InChI=1S/C15H16ClNO/c1-10-4-3-5-11(2)13(10)9-18-15-7-6-12(16)8-14(15)17/h3-8H,9,17H2,1-2H3. The third-order valence-electron chi connectivity index (χ3n) is 2.99. The van der Waals surface area contributed by atoms with E-state index in [9.17, 15) is 0 Å². The van der Waals surface area contributed by atoms with Gasteiger partial charge in [0.05, 0.1) is 5.69 Å². The number of ether oxygens (including phenoxy) is 1. The Balaban J connectivity index is 2.16. The minimum Gasteiger partial charge on any atom is -0.487 e. The van der Waals surface area contributed by atoms with E-state index in [4.69, 9.17) is 22.1 Å². The first-order valence-electron chi connectivity index (χ1n) is 5.81. The lowest BCUT2D eigenvalue weighted by Gasteiger charge is -2.13. The molecule has 0 fully saturated rings. The first kappa shape index (κ1) is 12.8. The highest BCUT2D eigenvalue weighted by Crippen LogP contribution is 2.26. The molecular formula is C15H16ClNO. The van der Waals surface area contributed by atoms with Gasteiger partial charge in [0, 0.05) is 5.02 Å². The molecule has 0 unspecified atom stereocenters. The third kappa shape index (κ3) is 2.77.